The van der Waals surface area contributed by atoms with Crippen LogP contribution in [0.5, 0.6) is 5.75 Å². The molecule has 0 atom stereocenters. The summed E-state index contributed by atoms with van der Waals surface area (Å²) >= 11 is 1.62. The minimum Gasteiger partial charge on any atom is -0.493 e. The molecule has 0 unspecified atom stereocenters. The highest BCUT2D eigenvalue weighted by Gasteiger charge is 1.97. The van der Waals surface area contributed by atoms with Crippen LogP contribution in [0.1, 0.15) is 5.56 Å². The first-order valence-corrected chi connectivity index (χ1v) is 6.82. The van der Waals surface area contributed by atoms with E-state index in [0.717, 1.165) is 22.2 Å². The molecule has 5 heteroatoms. The van der Waals surface area contributed by atoms with Gasteiger partial charge in [0.25, 0.3) is 0 Å². The van der Waals surface area contributed by atoms with Crippen molar-refractivity contribution in [1.82, 2.24) is 9.97 Å². The van der Waals surface area contributed by atoms with Gasteiger partial charge >= 0.3 is 0 Å². The minimum absolute atomic E-state index is 0.123. The summed E-state index contributed by atoms with van der Waals surface area (Å²) in [5.41, 5.74) is 0.867. The van der Waals surface area contributed by atoms with E-state index in [2.05, 4.69) is 21.8 Å². The zero-order valence-electron chi connectivity index (χ0n) is 10.3. The topological polar surface area (TPSA) is 58.1 Å². The van der Waals surface area contributed by atoms with E-state index >= 15 is 0 Å². The predicted octanol–water partition coefficient (Wildman–Crippen LogP) is 1.92. The number of aliphatic hydroxyl groups is 1. The van der Waals surface area contributed by atoms with Crippen LogP contribution in [-0.4, -0.2) is 34.0 Å². The van der Waals surface area contributed by atoms with Gasteiger partial charge in [-0.3, -0.25) is 0 Å². The number of H-pyrrole nitrogens is 1. The van der Waals surface area contributed by atoms with E-state index in [1.54, 1.807) is 24.2 Å². The maximum atomic E-state index is 8.60. The van der Waals surface area contributed by atoms with Gasteiger partial charge in [0.2, 0.25) is 0 Å². The second kappa shape index (κ2) is 7.52. The highest BCUT2D eigenvalue weighted by molar-refractivity contribution is 7.99. The summed E-state index contributed by atoms with van der Waals surface area (Å²) in [6.45, 7) is 0.495. The van der Waals surface area contributed by atoms with Crippen molar-refractivity contribution < 1.29 is 9.84 Å². The second-order valence-corrected chi connectivity index (χ2v) is 4.66. The Morgan fingerprint density at radius 3 is 2.84 bits per heavy atom. The zero-order chi connectivity index (χ0) is 13.3. The SMILES string of the molecule is OCC#Cc1ccc(OCCSc2ncc[nH]2)cc1. The number of hydrogen-bond donors (Lipinski definition) is 2. The monoisotopic (exact) mass is 274 g/mol. The average molecular weight is 274 g/mol. The first kappa shape index (κ1) is 13.5. The molecule has 0 radical (unpaired) electrons. The van der Waals surface area contributed by atoms with Crippen molar-refractivity contribution >= 4 is 11.8 Å². The van der Waals surface area contributed by atoms with E-state index in [1.807, 2.05) is 24.3 Å². The van der Waals surface area contributed by atoms with E-state index in [9.17, 15) is 0 Å². The van der Waals surface area contributed by atoms with Gasteiger partial charge in [0.05, 0.1) is 6.61 Å². The summed E-state index contributed by atoms with van der Waals surface area (Å²) in [7, 11) is 0. The molecule has 1 heterocycles. The molecule has 98 valence electrons. The summed E-state index contributed by atoms with van der Waals surface area (Å²) in [6.07, 6.45) is 3.53. The molecule has 2 N–H and O–H groups in total. The minimum atomic E-state index is -0.123. The quantitative estimate of drug-likeness (QED) is 0.497. The summed E-state index contributed by atoms with van der Waals surface area (Å²) < 4.78 is 5.60. The van der Waals surface area contributed by atoms with E-state index in [-0.39, 0.29) is 6.61 Å². The number of aromatic amines is 1. The van der Waals surface area contributed by atoms with Crippen molar-refractivity contribution in [2.24, 2.45) is 0 Å². The fourth-order valence-corrected chi connectivity index (χ4v) is 2.05. The average Bonchev–Trinajstić information content (AvgIpc) is 2.96. The van der Waals surface area contributed by atoms with Gasteiger partial charge in [0.15, 0.2) is 5.16 Å². The molecular weight excluding hydrogens is 260 g/mol. The van der Waals surface area contributed by atoms with Gasteiger partial charge in [-0.1, -0.05) is 23.6 Å². The third-order valence-corrected chi connectivity index (χ3v) is 3.10. The van der Waals surface area contributed by atoms with Gasteiger partial charge in [0.1, 0.15) is 12.4 Å². The third kappa shape index (κ3) is 4.70. The van der Waals surface area contributed by atoms with Crippen LogP contribution in [-0.2, 0) is 0 Å². The van der Waals surface area contributed by atoms with Crippen molar-refractivity contribution in [3.63, 3.8) is 0 Å². The number of benzene rings is 1. The van der Waals surface area contributed by atoms with Gasteiger partial charge in [-0.05, 0) is 24.3 Å². The Kier molecular flexibility index (Phi) is 5.35. The zero-order valence-corrected chi connectivity index (χ0v) is 11.1. The Morgan fingerprint density at radius 1 is 1.32 bits per heavy atom. The Bertz CT molecular complexity index is 541. The number of rotatable bonds is 5. The van der Waals surface area contributed by atoms with E-state index in [4.69, 9.17) is 9.84 Å². The molecule has 2 aromatic rings. The number of aliphatic hydroxyl groups excluding tert-OH is 1. The standard InChI is InChI=1S/C14H14N2O2S/c17-9-1-2-12-3-5-13(6-4-12)18-10-11-19-14-15-7-8-16-14/h3-8,17H,9-11H2,(H,15,16). The predicted molar refractivity (Wildman–Crippen MR) is 75.2 cm³/mol. The number of nitrogens with zero attached hydrogens (tertiary/aromatic N) is 1. The Morgan fingerprint density at radius 2 is 2.16 bits per heavy atom. The van der Waals surface area contributed by atoms with Gasteiger partial charge in [-0.25, -0.2) is 4.98 Å². The molecule has 1 aromatic carbocycles. The molecular formula is C14H14N2O2S. The van der Waals surface area contributed by atoms with Crippen LogP contribution in [0, 0.1) is 11.8 Å². The van der Waals surface area contributed by atoms with Crippen LogP contribution in [0.3, 0.4) is 0 Å². The van der Waals surface area contributed by atoms with Crippen molar-refractivity contribution in [2.45, 2.75) is 5.16 Å². The molecule has 0 spiro atoms. The molecule has 0 amide bonds. The van der Waals surface area contributed by atoms with Crippen LogP contribution in [0.2, 0.25) is 0 Å². The van der Waals surface area contributed by atoms with Crippen molar-refractivity contribution in [1.29, 1.82) is 0 Å². The highest BCUT2D eigenvalue weighted by Crippen LogP contribution is 2.14. The van der Waals surface area contributed by atoms with Gasteiger partial charge in [-0.2, -0.15) is 0 Å². The maximum Gasteiger partial charge on any atom is 0.165 e. The lowest BCUT2D eigenvalue weighted by Gasteiger charge is -2.05. The molecule has 0 saturated heterocycles. The molecule has 0 aliphatic rings. The Balaban J connectivity index is 1.74. The van der Waals surface area contributed by atoms with Gasteiger partial charge in [-0.15, -0.1) is 0 Å². The number of imidazole rings is 1. The van der Waals surface area contributed by atoms with Crippen LogP contribution < -0.4 is 4.74 Å². The summed E-state index contributed by atoms with van der Waals surface area (Å²) in [6, 6.07) is 7.49. The highest BCUT2D eigenvalue weighted by atomic mass is 32.2. The lowest BCUT2D eigenvalue weighted by Crippen LogP contribution is -2.00. The Labute approximate surface area is 116 Å². The molecule has 0 bridgehead atoms. The van der Waals surface area contributed by atoms with E-state index in [1.165, 1.54) is 0 Å². The molecule has 0 aliphatic carbocycles. The normalized spacial score (nSPS) is 9.74. The summed E-state index contributed by atoms with van der Waals surface area (Å²) in [5, 5.41) is 9.50. The molecule has 0 aliphatic heterocycles. The van der Waals surface area contributed by atoms with Crippen molar-refractivity contribution in [2.75, 3.05) is 19.0 Å². The molecule has 4 nitrogen and oxygen atoms in total. The maximum absolute atomic E-state index is 8.60. The molecule has 0 fully saturated rings. The fraction of sp³-hybridized carbons (Fsp3) is 0.214. The summed E-state index contributed by atoms with van der Waals surface area (Å²) in [5.74, 6) is 7.09. The van der Waals surface area contributed by atoms with Crippen molar-refractivity contribution in [3.05, 3.63) is 42.2 Å². The number of thioether (sulfide) groups is 1. The largest absolute Gasteiger partial charge is 0.493 e. The lowest BCUT2D eigenvalue weighted by atomic mass is 10.2. The van der Waals surface area contributed by atoms with Crippen LogP contribution in [0.15, 0.2) is 41.8 Å². The van der Waals surface area contributed by atoms with E-state index in [0.29, 0.717) is 6.61 Å². The smallest absolute Gasteiger partial charge is 0.165 e. The molecule has 19 heavy (non-hydrogen) atoms. The number of ether oxygens (including phenoxy) is 1. The first-order valence-electron chi connectivity index (χ1n) is 5.83. The van der Waals surface area contributed by atoms with E-state index < -0.39 is 0 Å². The number of hydrogen-bond acceptors (Lipinski definition) is 4. The van der Waals surface area contributed by atoms with Crippen LogP contribution in [0.4, 0.5) is 0 Å². The first-order chi connectivity index (χ1) is 9.38. The van der Waals surface area contributed by atoms with Gasteiger partial charge in [0, 0.05) is 23.7 Å². The summed E-state index contributed by atoms with van der Waals surface area (Å²) in [4.78, 5) is 7.14. The van der Waals surface area contributed by atoms with Crippen molar-refractivity contribution in [3.8, 4) is 17.6 Å². The second-order valence-electron chi connectivity index (χ2n) is 3.58. The Hall–Kier alpha value is -1.90. The number of nitrogens with one attached hydrogen (secondary N) is 1. The van der Waals surface area contributed by atoms with Crippen LogP contribution in [0.25, 0.3) is 0 Å². The van der Waals surface area contributed by atoms with Gasteiger partial charge < -0.3 is 14.8 Å². The molecule has 1 aromatic heterocycles. The fourth-order valence-electron chi connectivity index (χ4n) is 1.40. The lowest BCUT2D eigenvalue weighted by molar-refractivity contribution is 0.344. The molecule has 2 rings (SSSR count). The van der Waals surface area contributed by atoms with Crippen LogP contribution >= 0.6 is 11.8 Å². The third-order valence-electron chi connectivity index (χ3n) is 2.23. The molecule has 0 saturated carbocycles. The number of aromatic nitrogens is 2.